The Kier molecular flexibility index (Phi) is 9.28. The molecule has 5 rings (SSSR count). The third-order valence-corrected chi connectivity index (χ3v) is 7.97. The molecule has 3 aromatic rings. The Morgan fingerprint density at radius 3 is 2.02 bits per heavy atom. The van der Waals surface area contributed by atoms with Crippen LogP contribution in [0.2, 0.25) is 0 Å². The molecule has 41 heavy (non-hydrogen) atoms. The van der Waals surface area contributed by atoms with Gasteiger partial charge in [-0.25, -0.2) is 4.98 Å². The minimum Gasteiger partial charge on any atom is -0.378 e. The first kappa shape index (κ1) is 28.7. The van der Waals surface area contributed by atoms with E-state index in [9.17, 15) is 0 Å². The standard InChI is InChI=1S/C31H41N9S/c1-39(2)26-19-17-25(18-20-26)38-37-24-15-13-23(14-16-24)34-31(41)33-22-11-9-21(10-12-22)32-30-35-28-8-6-5-7-27(28)29(36-30)40(3)4/h13-22H,5-12H2,1-4H3,(H,32,35,36)(H2,33,34,41)/t21-,22+. The van der Waals surface area contributed by atoms with Crippen LogP contribution in [-0.4, -0.2) is 55.4 Å². The molecule has 2 aliphatic carbocycles. The third-order valence-electron chi connectivity index (χ3n) is 7.75. The van der Waals surface area contributed by atoms with Crippen LogP contribution in [0.3, 0.4) is 0 Å². The molecule has 1 fully saturated rings. The van der Waals surface area contributed by atoms with Crippen molar-refractivity contribution >= 4 is 51.8 Å². The lowest BCUT2D eigenvalue weighted by molar-refractivity contribution is 0.387. The molecule has 1 heterocycles. The van der Waals surface area contributed by atoms with Gasteiger partial charge in [-0.3, -0.25) is 0 Å². The maximum Gasteiger partial charge on any atom is 0.225 e. The number of nitrogens with zero attached hydrogens (tertiary/aromatic N) is 6. The van der Waals surface area contributed by atoms with E-state index >= 15 is 0 Å². The molecule has 2 aliphatic rings. The van der Waals surface area contributed by atoms with Crippen LogP contribution in [0.5, 0.6) is 0 Å². The molecule has 1 aromatic heterocycles. The van der Waals surface area contributed by atoms with Crippen LogP contribution in [0.25, 0.3) is 0 Å². The van der Waals surface area contributed by atoms with Crippen LogP contribution >= 0.6 is 12.2 Å². The summed E-state index contributed by atoms with van der Waals surface area (Å²) in [5.74, 6) is 1.84. The Balaban J connectivity index is 1.07. The molecule has 2 aromatic carbocycles. The summed E-state index contributed by atoms with van der Waals surface area (Å²) in [6.07, 6.45) is 8.75. The number of nitrogens with one attached hydrogen (secondary N) is 3. The lowest BCUT2D eigenvalue weighted by atomic mass is 9.91. The summed E-state index contributed by atoms with van der Waals surface area (Å²) in [7, 11) is 8.18. The van der Waals surface area contributed by atoms with Crippen molar-refractivity contribution in [1.82, 2.24) is 15.3 Å². The molecule has 0 atom stereocenters. The Labute approximate surface area is 248 Å². The minimum atomic E-state index is 0.349. The molecule has 1 saturated carbocycles. The van der Waals surface area contributed by atoms with Crippen LogP contribution in [0.1, 0.15) is 49.8 Å². The van der Waals surface area contributed by atoms with E-state index in [1.165, 1.54) is 24.1 Å². The van der Waals surface area contributed by atoms with E-state index < -0.39 is 0 Å². The summed E-state index contributed by atoms with van der Waals surface area (Å²) in [4.78, 5) is 14.0. The van der Waals surface area contributed by atoms with Gasteiger partial charge in [-0.15, -0.1) is 0 Å². The van der Waals surface area contributed by atoms with Gasteiger partial charge in [0.15, 0.2) is 5.11 Å². The number of hydrogen-bond acceptors (Lipinski definition) is 8. The quantitative estimate of drug-likeness (QED) is 0.205. The molecular weight excluding hydrogens is 530 g/mol. The van der Waals surface area contributed by atoms with Gasteiger partial charge < -0.3 is 25.8 Å². The lowest BCUT2D eigenvalue weighted by Gasteiger charge is -2.31. The summed E-state index contributed by atoms with van der Waals surface area (Å²) < 4.78 is 0. The highest BCUT2D eigenvalue weighted by Gasteiger charge is 2.24. The zero-order valence-corrected chi connectivity index (χ0v) is 25.3. The fourth-order valence-corrected chi connectivity index (χ4v) is 5.75. The molecule has 0 aliphatic heterocycles. The summed E-state index contributed by atoms with van der Waals surface area (Å²) in [5, 5.41) is 19.8. The largest absolute Gasteiger partial charge is 0.378 e. The summed E-state index contributed by atoms with van der Waals surface area (Å²) in [6.45, 7) is 0. The van der Waals surface area contributed by atoms with Gasteiger partial charge in [-0.05, 0) is 112 Å². The van der Waals surface area contributed by atoms with Crippen molar-refractivity contribution in [2.45, 2.75) is 63.5 Å². The number of hydrogen-bond donors (Lipinski definition) is 3. The first-order valence-electron chi connectivity index (χ1n) is 14.5. The molecule has 0 unspecified atom stereocenters. The molecule has 0 saturated heterocycles. The first-order valence-corrected chi connectivity index (χ1v) is 15.0. The molecule has 0 spiro atoms. The summed E-state index contributed by atoms with van der Waals surface area (Å²) in [5.41, 5.74) is 6.21. The molecule has 216 valence electrons. The minimum absolute atomic E-state index is 0.349. The molecule has 0 radical (unpaired) electrons. The average molecular weight is 572 g/mol. The molecular formula is C31H41N9S. The van der Waals surface area contributed by atoms with Gasteiger partial charge >= 0.3 is 0 Å². The van der Waals surface area contributed by atoms with Gasteiger partial charge in [0, 0.05) is 57.2 Å². The van der Waals surface area contributed by atoms with E-state index in [0.29, 0.717) is 17.2 Å². The number of fused-ring (bicyclic) bond motifs is 1. The number of rotatable bonds is 8. The molecule has 3 N–H and O–H groups in total. The van der Waals surface area contributed by atoms with Crippen LogP contribution in [-0.2, 0) is 12.8 Å². The fourth-order valence-electron chi connectivity index (χ4n) is 5.47. The van der Waals surface area contributed by atoms with Gasteiger partial charge in [0.25, 0.3) is 0 Å². The SMILES string of the molecule is CN(C)c1ccc(N=Nc2ccc(NC(=S)N[C@H]3CC[C@@H](Nc4nc5c(c(N(C)C)n4)CCCC5)CC3)cc2)cc1. The number of aromatic nitrogens is 2. The van der Waals surface area contributed by atoms with Crippen molar-refractivity contribution in [3.63, 3.8) is 0 Å². The highest BCUT2D eigenvalue weighted by Crippen LogP contribution is 2.29. The van der Waals surface area contributed by atoms with Crippen LogP contribution in [0.4, 0.5) is 34.5 Å². The van der Waals surface area contributed by atoms with E-state index in [0.717, 1.165) is 73.0 Å². The van der Waals surface area contributed by atoms with Gasteiger partial charge in [-0.1, -0.05) is 0 Å². The summed E-state index contributed by atoms with van der Waals surface area (Å²) >= 11 is 5.62. The van der Waals surface area contributed by atoms with Crippen molar-refractivity contribution in [2.75, 3.05) is 48.6 Å². The maximum atomic E-state index is 5.62. The number of aryl methyl sites for hydroxylation is 1. The lowest BCUT2D eigenvalue weighted by Crippen LogP contribution is -2.42. The van der Waals surface area contributed by atoms with Crippen LogP contribution in [0.15, 0.2) is 58.8 Å². The second kappa shape index (κ2) is 13.2. The molecule has 9 nitrogen and oxygen atoms in total. The van der Waals surface area contributed by atoms with E-state index in [4.69, 9.17) is 22.2 Å². The van der Waals surface area contributed by atoms with Crippen molar-refractivity contribution < 1.29 is 0 Å². The predicted molar refractivity (Wildman–Crippen MR) is 173 cm³/mol. The topological polar surface area (TPSA) is 93.1 Å². The van der Waals surface area contributed by atoms with Crippen molar-refractivity contribution in [3.05, 3.63) is 59.8 Å². The Hall–Kier alpha value is -3.79. The number of azo groups is 1. The van der Waals surface area contributed by atoms with Crippen molar-refractivity contribution in [1.29, 1.82) is 0 Å². The van der Waals surface area contributed by atoms with Crippen molar-refractivity contribution in [2.24, 2.45) is 10.2 Å². The Morgan fingerprint density at radius 1 is 0.780 bits per heavy atom. The zero-order chi connectivity index (χ0) is 28.8. The fraction of sp³-hybridized carbons (Fsp3) is 0.452. The smallest absolute Gasteiger partial charge is 0.225 e. The van der Waals surface area contributed by atoms with E-state index in [2.05, 4.69) is 50.1 Å². The zero-order valence-electron chi connectivity index (χ0n) is 24.5. The van der Waals surface area contributed by atoms with E-state index in [1.807, 2.05) is 62.6 Å². The van der Waals surface area contributed by atoms with Gasteiger partial charge in [0.2, 0.25) is 5.95 Å². The number of benzene rings is 2. The van der Waals surface area contributed by atoms with E-state index in [1.54, 1.807) is 0 Å². The average Bonchev–Trinajstić information content (AvgIpc) is 2.97. The molecule has 0 bridgehead atoms. The van der Waals surface area contributed by atoms with E-state index in [-0.39, 0.29) is 0 Å². The van der Waals surface area contributed by atoms with Crippen LogP contribution < -0.4 is 25.8 Å². The van der Waals surface area contributed by atoms with Crippen LogP contribution in [0, 0.1) is 0 Å². The Morgan fingerprint density at radius 2 is 1.39 bits per heavy atom. The third kappa shape index (κ3) is 7.70. The predicted octanol–water partition coefficient (Wildman–Crippen LogP) is 6.61. The monoisotopic (exact) mass is 571 g/mol. The Bertz CT molecular complexity index is 1350. The van der Waals surface area contributed by atoms with Gasteiger partial charge in [0.05, 0.1) is 17.1 Å². The normalized spacial score (nSPS) is 18.4. The summed E-state index contributed by atoms with van der Waals surface area (Å²) in [6, 6.07) is 16.5. The second-order valence-electron chi connectivity index (χ2n) is 11.3. The molecule has 0 amide bonds. The number of thiocarbonyl (C=S) groups is 1. The van der Waals surface area contributed by atoms with Gasteiger partial charge in [0.1, 0.15) is 5.82 Å². The second-order valence-corrected chi connectivity index (χ2v) is 11.8. The first-order chi connectivity index (χ1) is 19.8. The maximum absolute atomic E-state index is 5.62. The highest BCUT2D eigenvalue weighted by atomic mass is 32.1. The van der Waals surface area contributed by atoms with Crippen molar-refractivity contribution in [3.8, 4) is 0 Å². The number of anilines is 4. The molecule has 10 heteroatoms. The highest BCUT2D eigenvalue weighted by molar-refractivity contribution is 7.80. The van der Waals surface area contributed by atoms with Gasteiger partial charge in [-0.2, -0.15) is 15.2 Å².